The van der Waals surface area contributed by atoms with E-state index in [1.54, 1.807) is 11.3 Å². The number of allylic oxidation sites excluding steroid dienone is 2. The first-order valence-corrected chi connectivity index (χ1v) is 16.3. The number of carbonyl (C=O) groups is 1. The summed E-state index contributed by atoms with van der Waals surface area (Å²) in [6.45, 7) is 9.90. The van der Waals surface area contributed by atoms with Crippen LogP contribution in [-0.4, -0.2) is 35.3 Å². The van der Waals surface area contributed by atoms with Crippen LogP contribution in [0, 0.1) is 23.2 Å². The number of anilines is 1. The van der Waals surface area contributed by atoms with Crippen LogP contribution in [0.4, 0.5) is 5.82 Å². The first-order valence-electron chi connectivity index (χ1n) is 15.3. The van der Waals surface area contributed by atoms with Crippen molar-refractivity contribution in [3.05, 3.63) is 99.8 Å². The van der Waals surface area contributed by atoms with Gasteiger partial charge in [0.05, 0.1) is 17.1 Å². The van der Waals surface area contributed by atoms with Crippen molar-refractivity contribution in [2.45, 2.75) is 60.4 Å². The van der Waals surface area contributed by atoms with Gasteiger partial charge in [0.25, 0.3) is 0 Å². The van der Waals surface area contributed by atoms with E-state index in [2.05, 4.69) is 58.8 Å². The molecule has 2 aromatic heterocycles. The lowest BCUT2D eigenvalue weighted by Crippen LogP contribution is -2.31. The van der Waals surface area contributed by atoms with Crippen molar-refractivity contribution < 1.29 is 4.79 Å². The number of aromatic nitrogens is 1. The Balaban J connectivity index is 0.00000230. The summed E-state index contributed by atoms with van der Waals surface area (Å²) in [5.41, 5.74) is 7.72. The Kier molecular flexibility index (Phi) is 11.5. The number of likely N-dealkylation sites (tertiary alicyclic amines) is 1. The number of rotatable bonds is 10. The van der Waals surface area contributed by atoms with Crippen LogP contribution in [0.1, 0.15) is 80.9 Å². The number of thiophene rings is 1. The molecule has 1 unspecified atom stereocenters. The van der Waals surface area contributed by atoms with Crippen molar-refractivity contribution in [3.8, 4) is 17.2 Å². The second kappa shape index (κ2) is 15.3. The van der Waals surface area contributed by atoms with Crippen LogP contribution in [0.5, 0.6) is 0 Å². The predicted molar refractivity (Wildman–Crippen MR) is 192 cm³/mol. The van der Waals surface area contributed by atoms with Crippen LogP contribution in [0.3, 0.4) is 0 Å². The fraction of sp³-hybridized carbons (Fsp3) is 0.359. The Morgan fingerprint density at radius 1 is 1.07 bits per heavy atom. The molecule has 1 aliphatic heterocycles. The van der Waals surface area contributed by atoms with Crippen LogP contribution in [0.2, 0.25) is 0 Å². The maximum absolute atomic E-state index is 14.4. The minimum absolute atomic E-state index is 0. The third-order valence-corrected chi connectivity index (χ3v) is 9.86. The summed E-state index contributed by atoms with van der Waals surface area (Å²) in [5, 5.41) is 18.0. The molecule has 0 amide bonds. The molecule has 0 spiro atoms. The molecule has 0 radical (unpaired) electrons. The molecule has 45 heavy (non-hydrogen) atoms. The van der Waals surface area contributed by atoms with Gasteiger partial charge < -0.3 is 10.2 Å². The topological polar surface area (TPSA) is 69.0 Å². The first kappa shape index (κ1) is 33.8. The average Bonchev–Trinajstić information content (AvgIpc) is 3.82. The number of fused-ring (bicyclic) bond motifs is 1. The van der Waals surface area contributed by atoms with E-state index < -0.39 is 0 Å². The fourth-order valence-electron chi connectivity index (χ4n) is 6.63. The maximum Gasteiger partial charge on any atom is 0.167 e. The zero-order valence-electron chi connectivity index (χ0n) is 24.8. The van der Waals surface area contributed by atoms with Crippen molar-refractivity contribution in [3.63, 3.8) is 0 Å². The smallest absolute Gasteiger partial charge is 0.167 e. The van der Waals surface area contributed by atoms with Crippen LogP contribution in [-0.2, 0) is 6.54 Å². The van der Waals surface area contributed by atoms with E-state index in [0.29, 0.717) is 18.0 Å². The lowest BCUT2D eigenvalue weighted by molar-refractivity contribution is 0.0875. The highest BCUT2D eigenvalue weighted by atomic mass is 32.1. The highest BCUT2D eigenvalue weighted by Crippen LogP contribution is 2.38. The molecule has 1 N–H and O–H groups in total. The van der Waals surface area contributed by atoms with E-state index in [1.165, 1.54) is 24.0 Å². The molecule has 2 fully saturated rings. The summed E-state index contributed by atoms with van der Waals surface area (Å²) < 4.78 is 0. The van der Waals surface area contributed by atoms with Gasteiger partial charge in [0.1, 0.15) is 5.82 Å². The van der Waals surface area contributed by atoms with Gasteiger partial charge in [-0.2, -0.15) is 16.6 Å². The molecule has 3 heterocycles. The Bertz CT molecular complexity index is 1710. The van der Waals surface area contributed by atoms with Gasteiger partial charge >= 0.3 is 0 Å². The van der Waals surface area contributed by atoms with Crippen molar-refractivity contribution in [1.82, 2.24) is 9.88 Å². The van der Waals surface area contributed by atoms with Gasteiger partial charge in [-0.15, -0.1) is 0 Å². The second-order valence-electron chi connectivity index (χ2n) is 11.9. The molecule has 1 saturated heterocycles. The number of hydrogen-bond acceptors (Lipinski definition) is 6. The Morgan fingerprint density at radius 2 is 1.82 bits per heavy atom. The quantitative estimate of drug-likeness (QED) is 0.141. The lowest BCUT2D eigenvalue weighted by Gasteiger charge is -2.25. The normalized spacial score (nSPS) is 18.2. The molecular weight excluding hydrogens is 573 g/mol. The van der Waals surface area contributed by atoms with Gasteiger partial charge in [0, 0.05) is 30.0 Å². The molecular formula is C39H46N4OS. The van der Waals surface area contributed by atoms with Crippen molar-refractivity contribution >= 4 is 39.9 Å². The zero-order valence-corrected chi connectivity index (χ0v) is 25.6. The highest BCUT2D eigenvalue weighted by Gasteiger charge is 2.35. The molecule has 6 heteroatoms. The number of hydrogen-bond donors (Lipinski definition) is 1. The van der Waals surface area contributed by atoms with E-state index in [9.17, 15) is 10.1 Å². The molecule has 2 atom stereocenters. The molecule has 2 aromatic carbocycles. The van der Waals surface area contributed by atoms with Gasteiger partial charge in [-0.05, 0) is 115 Å². The highest BCUT2D eigenvalue weighted by molar-refractivity contribution is 7.08. The number of Topliss-reactive ketones (excluding diaryl/α,β-unsaturated/α-hetero) is 1. The summed E-state index contributed by atoms with van der Waals surface area (Å²) in [4.78, 5) is 22.0. The van der Waals surface area contributed by atoms with E-state index in [4.69, 9.17) is 4.98 Å². The van der Waals surface area contributed by atoms with Gasteiger partial charge in [-0.3, -0.25) is 4.79 Å². The van der Waals surface area contributed by atoms with Crippen LogP contribution >= 0.6 is 11.3 Å². The summed E-state index contributed by atoms with van der Waals surface area (Å²) in [7, 11) is 0. The fourth-order valence-corrected chi connectivity index (χ4v) is 7.45. The minimum atomic E-state index is 0. The standard InChI is InChI=1S/C37H38N4OS.2CH4/c1-3-25(2)17-30-23-43-24-31(30)21-39-36-19-34(37(42)32-8-6-7-29(32)22-41-15-4-5-16-41)33-18-28(13-14-35(33)40-36)27-11-9-26(20-38)10-12-27;;/h3,9-14,17-19,23-24,29,32H,1,4-8,15-16,21-22H2,2H3,(H,39,40);2*1H4/b25-17-;;/t29-,32?;;/m0../s1. The van der Waals surface area contributed by atoms with Crippen LogP contribution in [0.25, 0.3) is 28.1 Å². The molecule has 1 saturated carbocycles. The summed E-state index contributed by atoms with van der Waals surface area (Å²) in [5.74, 6) is 1.40. The first-order chi connectivity index (χ1) is 21.0. The van der Waals surface area contributed by atoms with E-state index in [0.717, 1.165) is 77.9 Å². The SMILES string of the molecule is C.C.C=C/C(C)=C\c1cscc1CNc1cc(C(=O)C2CCC[C@H]2CN2CCCC2)c2cc(-c3ccc(C#N)cc3)ccc2n1. The minimum Gasteiger partial charge on any atom is -0.366 e. The number of nitrogens with one attached hydrogen (secondary N) is 1. The Morgan fingerprint density at radius 3 is 2.56 bits per heavy atom. The third-order valence-electron chi connectivity index (χ3n) is 9.05. The predicted octanol–water partition coefficient (Wildman–Crippen LogP) is 10.0. The number of benzene rings is 2. The largest absolute Gasteiger partial charge is 0.366 e. The number of carbonyl (C=O) groups excluding carboxylic acids is 1. The van der Waals surface area contributed by atoms with E-state index in [-0.39, 0.29) is 26.6 Å². The van der Waals surface area contributed by atoms with Crippen LogP contribution < -0.4 is 5.32 Å². The number of nitriles is 1. The molecule has 6 rings (SSSR count). The average molecular weight is 619 g/mol. The lowest BCUT2D eigenvalue weighted by atomic mass is 9.86. The third kappa shape index (κ3) is 7.61. The monoisotopic (exact) mass is 618 g/mol. The van der Waals surface area contributed by atoms with Crippen molar-refractivity contribution in [2.75, 3.05) is 25.0 Å². The zero-order chi connectivity index (χ0) is 29.8. The summed E-state index contributed by atoms with van der Waals surface area (Å²) >= 11 is 1.68. The molecule has 0 bridgehead atoms. The summed E-state index contributed by atoms with van der Waals surface area (Å²) in [6.07, 6.45) is 9.73. The van der Waals surface area contributed by atoms with Crippen LogP contribution in [0.15, 0.2) is 77.5 Å². The van der Waals surface area contributed by atoms with Crippen molar-refractivity contribution in [2.24, 2.45) is 11.8 Å². The number of nitrogens with zero attached hydrogens (tertiary/aromatic N) is 3. The maximum atomic E-state index is 14.4. The number of pyridine rings is 1. The molecule has 4 aromatic rings. The van der Waals surface area contributed by atoms with Gasteiger partial charge in [0.15, 0.2) is 5.78 Å². The van der Waals surface area contributed by atoms with Gasteiger partial charge in [-0.1, -0.05) is 63.8 Å². The Labute approximate surface area is 273 Å². The second-order valence-corrected chi connectivity index (χ2v) is 12.7. The Hall–Kier alpha value is -4.05. The molecule has 5 nitrogen and oxygen atoms in total. The van der Waals surface area contributed by atoms with Gasteiger partial charge in [0.2, 0.25) is 0 Å². The van der Waals surface area contributed by atoms with Gasteiger partial charge in [-0.25, -0.2) is 4.98 Å². The molecule has 234 valence electrons. The van der Waals surface area contributed by atoms with Crippen molar-refractivity contribution in [1.29, 1.82) is 5.26 Å². The van der Waals surface area contributed by atoms with E-state index >= 15 is 0 Å². The molecule has 2 aliphatic rings. The number of ketones is 1. The van der Waals surface area contributed by atoms with E-state index in [1.807, 2.05) is 42.5 Å². The summed E-state index contributed by atoms with van der Waals surface area (Å²) in [6, 6.07) is 18.0. The molecule has 1 aliphatic carbocycles.